The van der Waals surface area contributed by atoms with Gasteiger partial charge in [0.1, 0.15) is 5.75 Å². The summed E-state index contributed by atoms with van der Waals surface area (Å²) < 4.78 is 5.69. The molecule has 0 saturated heterocycles. The molecule has 1 aromatic rings. The monoisotopic (exact) mass is 265 g/mol. The highest BCUT2D eigenvalue weighted by molar-refractivity contribution is 5.38. The lowest BCUT2D eigenvalue weighted by Gasteiger charge is -2.26. The summed E-state index contributed by atoms with van der Waals surface area (Å²) in [6.45, 7) is 12.9. The standard InChI is InChI=1S/C16H27NO2/c1-6-17(12(3)4)11-15-10-14(13(5)18)8-9-16(15)19-7-2/h8-10,12-13,18H,6-7,11H2,1-5H3. The van der Waals surface area contributed by atoms with Crippen molar-refractivity contribution in [2.24, 2.45) is 0 Å². The molecule has 0 aliphatic rings. The number of aliphatic hydroxyl groups is 1. The third kappa shape index (κ3) is 4.51. The van der Waals surface area contributed by atoms with Crippen LogP contribution in [0.2, 0.25) is 0 Å². The topological polar surface area (TPSA) is 32.7 Å². The van der Waals surface area contributed by atoms with Gasteiger partial charge in [0.15, 0.2) is 0 Å². The molecule has 19 heavy (non-hydrogen) atoms. The number of benzene rings is 1. The second kappa shape index (κ2) is 7.51. The van der Waals surface area contributed by atoms with E-state index in [4.69, 9.17) is 4.74 Å². The zero-order valence-electron chi connectivity index (χ0n) is 12.8. The number of nitrogens with zero attached hydrogens (tertiary/aromatic N) is 1. The van der Waals surface area contributed by atoms with Gasteiger partial charge in [0, 0.05) is 18.2 Å². The zero-order valence-corrected chi connectivity index (χ0v) is 12.8. The first-order valence-electron chi connectivity index (χ1n) is 7.17. The first kappa shape index (κ1) is 16.0. The number of hydrogen-bond acceptors (Lipinski definition) is 3. The molecule has 0 aromatic heterocycles. The van der Waals surface area contributed by atoms with Gasteiger partial charge in [-0.1, -0.05) is 13.0 Å². The number of hydrogen-bond donors (Lipinski definition) is 1. The maximum atomic E-state index is 9.72. The van der Waals surface area contributed by atoms with E-state index in [0.29, 0.717) is 12.6 Å². The minimum atomic E-state index is -0.441. The lowest BCUT2D eigenvalue weighted by molar-refractivity contribution is 0.197. The summed E-state index contributed by atoms with van der Waals surface area (Å²) in [5, 5.41) is 9.72. The molecule has 3 nitrogen and oxygen atoms in total. The molecule has 1 aromatic carbocycles. The van der Waals surface area contributed by atoms with E-state index in [0.717, 1.165) is 30.0 Å². The van der Waals surface area contributed by atoms with Crippen molar-refractivity contribution < 1.29 is 9.84 Å². The van der Waals surface area contributed by atoms with Crippen LogP contribution in [0.1, 0.15) is 51.8 Å². The lowest BCUT2D eigenvalue weighted by Crippen LogP contribution is -2.30. The Labute approximate surface area is 117 Å². The van der Waals surface area contributed by atoms with Crippen LogP contribution in [-0.4, -0.2) is 29.2 Å². The normalized spacial score (nSPS) is 13.1. The second-order valence-corrected chi connectivity index (χ2v) is 5.13. The van der Waals surface area contributed by atoms with E-state index < -0.39 is 6.10 Å². The van der Waals surface area contributed by atoms with Crippen LogP contribution in [0.25, 0.3) is 0 Å². The van der Waals surface area contributed by atoms with Crippen LogP contribution in [0.3, 0.4) is 0 Å². The Morgan fingerprint density at radius 2 is 1.89 bits per heavy atom. The Morgan fingerprint density at radius 1 is 1.21 bits per heavy atom. The van der Waals surface area contributed by atoms with Gasteiger partial charge in [0.2, 0.25) is 0 Å². The molecule has 1 unspecified atom stereocenters. The largest absolute Gasteiger partial charge is 0.494 e. The van der Waals surface area contributed by atoms with Crippen molar-refractivity contribution >= 4 is 0 Å². The van der Waals surface area contributed by atoms with E-state index in [1.54, 1.807) is 6.92 Å². The Bertz CT molecular complexity index is 388. The van der Waals surface area contributed by atoms with E-state index in [2.05, 4.69) is 31.7 Å². The van der Waals surface area contributed by atoms with Crippen LogP contribution in [0.5, 0.6) is 5.75 Å². The molecule has 0 amide bonds. The van der Waals surface area contributed by atoms with E-state index in [-0.39, 0.29) is 0 Å². The van der Waals surface area contributed by atoms with Gasteiger partial charge in [-0.3, -0.25) is 4.90 Å². The molecule has 0 saturated carbocycles. The first-order valence-corrected chi connectivity index (χ1v) is 7.17. The fourth-order valence-electron chi connectivity index (χ4n) is 2.16. The van der Waals surface area contributed by atoms with Gasteiger partial charge in [0.25, 0.3) is 0 Å². The predicted molar refractivity (Wildman–Crippen MR) is 79.5 cm³/mol. The number of ether oxygens (including phenoxy) is 1. The van der Waals surface area contributed by atoms with Crippen molar-refractivity contribution in [3.63, 3.8) is 0 Å². The smallest absolute Gasteiger partial charge is 0.123 e. The number of aliphatic hydroxyl groups excluding tert-OH is 1. The molecule has 1 rings (SSSR count). The molecule has 0 radical (unpaired) electrons. The fourth-order valence-corrected chi connectivity index (χ4v) is 2.16. The zero-order chi connectivity index (χ0) is 14.4. The van der Waals surface area contributed by atoms with Gasteiger partial charge in [-0.15, -0.1) is 0 Å². The van der Waals surface area contributed by atoms with Crippen molar-refractivity contribution in [1.29, 1.82) is 0 Å². The molecule has 108 valence electrons. The summed E-state index contributed by atoms with van der Waals surface area (Å²) in [7, 11) is 0. The van der Waals surface area contributed by atoms with Crippen LogP contribution >= 0.6 is 0 Å². The molecule has 3 heteroatoms. The van der Waals surface area contributed by atoms with E-state index in [1.807, 2.05) is 19.1 Å². The average molecular weight is 265 g/mol. The molecular formula is C16H27NO2. The molecule has 0 fully saturated rings. The van der Waals surface area contributed by atoms with Crippen LogP contribution in [0.4, 0.5) is 0 Å². The summed E-state index contributed by atoms with van der Waals surface area (Å²) in [6, 6.07) is 6.45. The fraction of sp³-hybridized carbons (Fsp3) is 0.625. The maximum absolute atomic E-state index is 9.72. The summed E-state index contributed by atoms with van der Waals surface area (Å²) >= 11 is 0. The lowest BCUT2D eigenvalue weighted by atomic mass is 10.0. The highest BCUT2D eigenvalue weighted by Crippen LogP contribution is 2.25. The molecule has 0 aliphatic carbocycles. The summed E-state index contributed by atoms with van der Waals surface area (Å²) in [5.41, 5.74) is 2.09. The van der Waals surface area contributed by atoms with E-state index in [9.17, 15) is 5.11 Å². The predicted octanol–water partition coefficient (Wildman–Crippen LogP) is 3.37. The Morgan fingerprint density at radius 3 is 2.37 bits per heavy atom. The minimum absolute atomic E-state index is 0.441. The third-order valence-electron chi connectivity index (χ3n) is 3.38. The summed E-state index contributed by atoms with van der Waals surface area (Å²) in [6.07, 6.45) is -0.441. The van der Waals surface area contributed by atoms with Crippen molar-refractivity contribution in [3.05, 3.63) is 29.3 Å². The molecule has 1 atom stereocenters. The Kier molecular flexibility index (Phi) is 6.32. The second-order valence-electron chi connectivity index (χ2n) is 5.13. The Balaban J connectivity index is 3.02. The van der Waals surface area contributed by atoms with Gasteiger partial charge >= 0.3 is 0 Å². The minimum Gasteiger partial charge on any atom is -0.494 e. The number of rotatable bonds is 7. The first-order chi connectivity index (χ1) is 8.99. The van der Waals surface area contributed by atoms with Gasteiger partial charge in [-0.05, 0) is 51.9 Å². The highest BCUT2D eigenvalue weighted by atomic mass is 16.5. The molecule has 0 spiro atoms. The van der Waals surface area contributed by atoms with Crippen LogP contribution < -0.4 is 4.74 Å². The van der Waals surface area contributed by atoms with Gasteiger partial charge in [-0.25, -0.2) is 0 Å². The van der Waals surface area contributed by atoms with Crippen molar-refractivity contribution in [2.45, 2.75) is 53.3 Å². The quantitative estimate of drug-likeness (QED) is 0.820. The molecule has 0 heterocycles. The Hall–Kier alpha value is -1.06. The third-order valence-corrected chi connectivity index (χ3v) is 3.38. The SMILES string of the molecule is CCOc1ccc(C(C)O)cc1CN(CC)C(C)C. The van der Waals surface area contributed by atoms with Crippen LogP contribution in [-0.2, 0) is 6.54 Å². The van der Waals surface area contributed by atoms with Crippen molar-refractivity contribution in [2.75, 3.05) is 13.2 Å². The summed E-state index contributed by atoms with van der Waals surface area (Å²) in [4.78, 5) is 2.38. The van der Waals surface area contributed by atoms with E-state index in [1.165, 1.54) is 0 Å². The maximum Gasteiger partial charge on any atom is 0.123 e. The molecule has 0 aliphatic heterocycles. The van der Waals surface area contributed by atoms with Crippen LogP contribution in [0, 0.1) is 0 Å². The molecular weight excluding hydrogens is 238 g/mol. The van der Waals surface area contributed by atoms with Crippen LogP contribution in [0.15, 0.2) is 18.2 Å². The van der Waals surface area contributed by atoms with Gasteiger partial charge < -0.3 is 9.84 Å². The van der Waals surface area contributed by atoms with Gasteiger partial charge in [-0.2, -0.15) is 0 Å². The molecule has 0 bridgehead atoms. The average Bonchev–Trinajstić information content (AvgIpc) is 2.37. The van der Waals surface area contributed by atoms with E-state index >= 15 is 0 Å². The van der Waals surface area contributed by atoms with Crippen molar-refractivity contribution in [1.82, 2.24) is 4.90 Å². The molecule has 1 N–H and O–H groups in total. The van der Waals surface area contributed by atoms with Crippen molar-refractivity contribution in [3.8, 4) is 5.75 Å². The van der Waals surface area contributed by atoms with Gasteiger partial charge in [0.05, 0.1) is 12.7 Å². The summed E-state index contributed by atoms with van der Waals surface area (Å²) in [5.74, 6) is 0.922. The highest BCUT2D eigenvalue weighted by Gasteiger charge is 2.13.